The number of nitrogens with one attached hydrogen (secondary N) is 1. The summed E-state index contributed by atoms with van der Waals surface area (Å²) >= 11 is 0. The fourth-order valence-corrected chi connectivity index (χ4v) is 1.28. The van der Waals surface area contributed by atoms with E-state index in [-0.39, 0.29) is 5.82 Å². The minimum atomic E-state index is -0.392. The van der Waals surface area contributed by atoms with Crippen LogP contribution in [0, 0.1) is 17.6 Å². The monoisotopic (exact) mass is 213 g/mol. The van der Waals surface area contributed by atoms with Gasteiger partial charge in [0, 0.05) is 12.1 Å². The fraction of sp³-hybridized carbons (Fsp3) is 0.500. The lowest BCUT2D eigenvalue weighted by Crippen LogP contribution is -2.20. The van der Waals surface area contributed by atoms with Crippen molar-refractivity contribution in [3.8, 4) is 0 Å². The Kier molecular flexibility index (Phi) is 4.69. The molecule has 84 valence electrons. The maximum Gasteiger partial charge on any atom is 0.127 e. The largest absolute Gasteiger partial charge is 0.312 e. The highest BCUT2D eigenvalue weighted by atomic mass is 19.1. The van der Waals surface area contributed by atoms with E-state index in [9.17, 15) is 8.78 Å². The molecular formula is C12H17F2N. The molecule has 0 spiro atoms. The number of halogens is 2. The van der Waals surface area contributed by atoms with Crippen LogP contribution in [0.15, 0.2) is 18.2 Å². The predicted molar refractivity (Wildman–Crippen MR) is 57.5 cm³/mol. The van der Waals surface area contributed by atoms with Crippen LogP contribution >= 0.6 is 0 Å². The third-order valence-corrected chi connectivity index (χ3v) is 2.51. The molecule has 1 unspecified atom stereocenters. The van der Waals surface area contributed by atoms with E-state index in [1.54, 1.807) is 0 Å². The van der Waals surface area contributed by atoms with E-state index in [4.69, 9.17) is 0 Å². The second kappa shape index (κ2) is 5.81. The summed E-state index contributed by atoms with van der Waals surface area (Å²) in [5, 5.41) is 3.11. The molecule has 0 heterocycles. The Hall–Kier alpha value is -0.960. The summed E-state index contributed by atoms with van der Waals surface area (Å²) in [5.74, 6) is -0.189. The summed E-state index contributed by atoms with van der Waals surface area (Å²) in [7, 11) is 0. The van der Waals surface area contributed by atoms with Crippen molar-refractivity contribution in [1.29, 1.82) is 0 Å². The molecule has 0 radical (unpaired) electrons. The van der Waals surface area contributed by atoms with Gasteiger partial charge in [0.2, 0.25) is 0 Å². The molecule has 0 amide bonds. The second-order valence-corrected chi connectivity index (χ2v) is 3.88. The van der Waals surface area contributed by atoms with E-state index >= 15 is 0 Å². The molecule has 3 heteroatoms. The smallest absolute Gasteiger partial charge is 0.127 e. The van der Waals surface area contributed by atoms with Crippen LogP contribution in [-0.2, 0) is 6.54 Å². The molecule has 0 aliphatic heterocycles. The van der Waals surface area contributed by atoms with Crippen LogP contribution in [0.5, 0.6) is 0 Å². The Labute approximate surface area is 89.5 Å². The van der Waals surface area contributed by atoms with Gasteiger partial charge in [-0.3, -0.25) is 0 Å². The van der Waals surface area contributed by atoms with Gasteiger partial charge in [0.25, 0.3) is 0 Å². The minimum absolute atomic E-state index is 0.354. The van der Waals surface area contributed by atoms with Gasteiger partial charge >= 0.3 is 0 Å². The molecule has 1 aromatic carbocycles. The van der Waals surface area contributed by atoms with Gasteiger partial charge in [0.15, 0.2) is 0 Å². The van der Waals surface area contributed by atoms with E-state index in [1.165, 1.54) is 6.07 Å². The highest BCUT2D eigenvalue weighted by Crippen LogP contribution is 2.09. The van der Waals surface area contributed by atoms with Crippen molar-refractivity contribution < 1.29 is 8.78 Å². The number of rotatable bonds is 5. The van der Waals surface area contributed by atoms with Gasteiger partial charge in [0.05, 0.1) is 0 Å². The van der Waals surface area contributed by atoms with Gasteiger partial charge < -0.3 is 5.32 Å². The predicted octanol–water partition coefficient (Wildman–Crippen LogP) is 3.10. The average Bonchev–Trinajstić information content (AvgIpc) is 2.23. The molecule has 0 aliphatic rings. The van der Waals surface area contributed by atoms with E-state index in [0.29, 0.717) is 18.0 Å². The molecule has 1 atom stereocenters. The maximum atomic E-state index is 13.2. The van der Waals surface area contributed by atoms with Gasteiger partial charge in [0.1, 0.15) is 11.6 Å². The van der Waals surface area contributed by atoms with Crippen molar-refractivity contribution in [3.05, 3.63) is 35.4 Å². The Morgan fingerprint density at radius 1 is 1.33 bits per heavy atom. The van der Waals surface area contributed by atoms with Crippen molar-refractivity contribution in [2.75, 3.05) is 6.54 Å². The topological polar surface area (TPSA) is 12.0 Å². The van der Waals surface area contributed by atoms with Crippen molar-refractivity contribution in [1.82, 2.24) is 5.32 Å². The number of hydrogen-bond acceptors (Lipinski definition) is 1. The first-order valence-electron chi connectivity index (χ1n) is 5.28. The Bertz CT molecular complexity index is 312. The highest BCUT2D eigenvalue weighted by molar-refractivity contribution is 5.18. The SMILES string of the molecule is CCC(C)CNCc1cc(F)ccc1F. The Balaban J connectivity index is 2.46. The molecule has 0 saturated heterocycles. The molecule has 1 nitrogen and oxygen atoms in total. The van der Waals surface area contributed by atoms with Crippen molar-refractivity contribution in [2.24, 2.45) is 5.92 Å². The van der Waals surface area contributed by atoms with E-state index < -0.39 is 5.82 Å². The summed E-state index contributed by atoms with van der Waals surface area (Å²) in [6, 6.07) is 3.53. The van der Waals surface area contributed by atoms with Crippen LogP contribution < -0.4 is 5.32 Å². The third-order valence-electron chi connectivity index (χ3n) is 2.51. The van der Waals surface area contributed by atoms with Crippen LogP contribution in [0.4, 0.5) is 8.78 Å². The lowest BCUT2D eigenvalue weighted by Gasteiger charge is -2.10. The molecule has 0 bridgehead atoms. The zero-order chi connectivity index (χ0) is 11.3. The lowest BCUT2D eigenvalue weighted by atomic mass is 10.1. The number of hydrogen-bond donors (Lipinski definition) is 1. The standard InChI is InChI=1S/C12H17F2N/c1-3-9(2)7-15-8-10-6-11(13)4-5-12(10)14/h4-6,9,15H,3,7-8H2,1-2H3. The molecule has 0 fully saturated rings. The normalized spacial score (nSPS) is 12.8. The minimum Gasteiger partial charge on any atom is -0.312 e. The fourth-order valence-electron chi connectivity index (χ4n) is 1.28. The first kappa shape index (κ1) is 12.1. The summed E-state index contributed by atoms with van der Waals surface area (Å²) in [6.45, 7) is 5.43. The Morgan fingerprint density at radius 3 is 2.73 bits per heavy atom. The van der Waals surface area contributed by atoms with Gasteiger partial charge in [-0.1, -0.05) is 20.3 Å². The van der Waals surface area contributed by atoms with E-state index in [2.05, 4.69) is 19.2 Å². The first-order valence-corrected chi connectivity index (χ1v) is 5.28. The zero-order valence-electron chi connectivity index (χ0n) is 9.19. The number of benzene rings is 1. The van der Waals surface area contributed by atoms with E-state index in [0.717, 1.165) is 25.1 Å². The van der Waals surface area contributed by atoms with E-state index in [1.807, 2.05) is 0 Å². The van der Waals surface area contributed by atoms with Crippen LogP contribution in [0.1, 0.15) is 25.8 Å². The summed E-state index contributed by atoms with van der Waals surface area (Å²) in [6.07, 6.45) is 1.08. The van der Waals surface area contributed by atoms with Crippen LogP contribution in [-0.4, -0.2) is 6.54 Å². The van der Waals surface area contributed by atoms with Gasteiger partial charge in [-0.2, -0.15) is 0 Å². The van der Waals surface area contributed by atoms with Crippen molar-refractivity contribution in [3.63, 3.8) is 0 Å². The first-order chi connectivity index (χ1) is 7.13. The molecule has 15 heavy (non-hydrogen) atoms. The molecular weight excluding hydrogens is 196 g/mol. The summed E-state index contributed by atoms with van der Waals surface area (Å²) in [4.78, 5) is 0. The zero-order valence-corrected chi connectivity index (χ0v) is 9.19. The second-order valence-electron chi connectivity index (χ2n) is 3.88. The molecule has 0 saturated carbocycles. The van der Waals surface area contributed by atoms with Crippen LogP contribution in [0.3, 0.4) is 0 Å². The maximum absolute atomic E-state index is 13.2. The molecule has 1 aromatic rings. The molecule has 1 N–H and O–H groups in total. The highest BCUT2D eigenvalue weighted by Gasteiger charge is 2.04. The third kappa shape index (κ3) is 3.96. The molecule has 0 aromatic heterocycles. The molecule has 0 aliphatic carbocycles. The van der Waals surface area contributed by atoms with Gasteiger partial charge in [-0.25, -0.2) is 8.78 Å². The van der Waals surface area contributed by atoms with Gasteiger partial charge in [-0.05, 0) is 30.7 Å². The quantitative estimate of drug-likeness (QED) is 0.792. The lowest BCUT2D eigenvalue weighted by molar-refractivity contribution is 0.490. The van der Waals surface area contributed by atoms with Crippen LogP contribution in [0.25, 0.3) is 0 Å². The van der Waals surface area contributed by atoms with Crippen LogP contribution in [0.2, 0.25) is 0 Å². The molecule has 1 rings (SSSR count). The summed E-state index contributed by atoms with van der Waals surface area (Å²) < 4.78 is 26.0. The van der Waals surface area contributed by atoms with Gasteiger partial charge in [-0.15, -0.1) is 0 Å². The Morgan fingerprint density at radius 2 is 2.07 bits per heavy atom. The average molecular weight is 213 g/mol. The van der Waals surface area contributed by atoms with Crippen molar-refractivity contribution >= 4 is 0 Å². The van der Waals surface area contributed by atoms with Crippen molar-refractivity contribution in [2.45, 2.75) is 26.8 Å². The summed E-state index contributed by atoms with van der Waals surface area (Å²) in [5.41, 5.74) is 0.387.